The second kappa shape index (κ2) is 10.3. The summed E-state index contributed by atoms with van der Waals surface area (Å²) >= 11 is 0. The molecule has 0 bridgehead atoms. The Labute approximate surface area is 198 Å². The summed E-state index contributed by atoms with van der Waals surface area (Å²) in [6.07, 6.45) is -5.38. The highest BCUT2D eigenvalue weighted by Gasteiger charge is 2.39. The van der Waals surface area contributed by atoms with Crippen LogP contribution in [0.4, 0.5) is 22.8 Å². The predicted molar refractivity (Wildman–Crippen MR) is 118 cm³/mol. The first-order chi connectivity index (χ1) is 15.5. The molecule has 2 aliphatic heterocycles. The van der Waals surface area contributed by atoms with Crippen molar-refractivity contribution in [2.24, 2.45) is 0 Å². The highest BCUT2D eigenvalue weighted by molar-refractivity contribution is 5.94. The minimum atomic E-state index is -5.00. The minimum Gasteiger partial charge on any atom is -0.444 e. The lowest BCUT2D eigenvalue weighted by atomic mass is 10.2. The van der Waals surface area contributed by atoms with E-state index in [0.717, 1.165) is 0 Å². The molecule has 0 unspecified atom stereocenters. The number of halogens is 3. The standard InChI is InChI=1S/C22H35F3N4O5/c1-20(2,3)33-18(31)28-11-7-26(8-12-28)17(15-16(30)22(23,24)25)27-9-13-29(14-10-27)19(32)34-21(4,5)6/h15H,7-14H2,1-6H3. The number of allylic oxidation sites excluding steroid dienone is 1. The summed E-state index contributed by atoms with van der Waals surface area (Å²) in [5, 5.41) is 0. The Kier molecular flexibility index (Phi) is 8.36. The molecule has 0 aromatic rings. The molecule has 0 radical (unpaired) electrons. The smallest absolute Gasteiger partial charge is 0.444 e. The van der Waals surface area contributed by atoms with Crippen LogP contribution in [0.3, 0.4) is 0 Å². The molecule has 0 saturated carbocycles. The molecule has 12 heteroatoms. The van der Waals surface area contributed by atoms with E-state index in [1.807, 2.05) is 0 Å². The Bertz CT molecular complexity index is 736. The molecule has 0 spiro atoms. The molecule has 0 aliphatic carbocycles. The summed E-state index contributed by atoms with van der Waals surface area (Å²) in [7, 11) is 0. The SMILES string of the molecule is CC(C)(C)OC(=O)N1CCN(C(=CC(=O)C(F)(F)F)N2CCN(C(=O)OC(C)(C)C)CC2)CC1. The van der Waals surface area contributed by atoms with Gasteiger partial charge >= 0.3 is 18.4 Å². The number of piperazine rings is 2. The van der Waals surface area contributed by atoms with Crippen molar-refractivity contribution in [1.82, 2.24) is 19.6 Å². The number of hydrogen-bond donors (Lipinski definition) is 0. The van der Waals surface area contributed by atoms with Gasteiger partial charge in [-0.05, 0) is 41.5 Å². The maximum Gasteiger partial charge on any atom is 0.454 e. The van der Waals surface area contributed by atoms with Crippen molar-refractivity contribution in [2.45, 2.75) is 58.9 Å². The molecule has 0 aromatic carbocycles. The van der Waals surface area contributed by atoms with Gasteiger partial charge in [0.2, 0.25) is 0 Å². The monoisotopic (exact) mass is 492 g/mol. The van der Waals surface area contributed by atoms with Gasteiger partial charge in [-0.3, -0.25) is 4.79 Å². The first-order valence-corrected chi connectivity index (χ1v) is 11.2. The lowest BCUT2D eigenvalue weighted by molar-refractivity contribution is -0.165. The fourth-order valence-corrected chi connectivity index (χ4v) is 3.47. The quantitative estimate of drug-likeness (QED) is 0.560. The zero-order valence-electron chi connectivity index (χ0n) is 20.7. The van der Waals surface area contributed by atoms with Gasteiger partial charge in [0.25, 0.3) is 5.78 Å². The third-order valence-electron chi connectivity index (χ3n) is 5.05. The van der Waals surface area contributed by atoms with Gasteiger partial charge in [-0.1, -0.05) is 0 Å². The number of ether oxygens (including phenoxy) is 2. The van der Waals surface area contributed by atoms with Crippen LogP contribution in [-0.2, 0) is 14.3 Å². The average Bonchev–Trinajstić information content (AvgIpc) is 2.69. The van der Waals surface area contributed by atoms with Crippen LogP contribution in [-0.4, -0.2) is 107 Å². The van der Waals surface area contributed by atoms with E-state index in [4.69, 9.17) is 9.47 Å². The second-order valence-electron chi connectivity index (χ2n) is 10.3. The number of carbonyl (C=O) groups is 3. The molecular weight excluding hydrogens is 457 g/mol. The van der Waals surface area contributed by atoms with Gasteiger partial charge in [0.05, 0.1) is 0 Å². The van der Waals surface area contributed by atoms with E-state index in [1.165, 1.54) is 9.80 Å². The van der Waals surface area contributed by atoms with Crippen LogP contribution in [0.15, 0.2) is 11.9 Å². The van der Waals surface area contributed by atoms with Gasteiger partial charge in [-0.25, -0.2) is 9.59 Å². The molecule has 0 N–H and O–H groups in total. The van der Waals surface area contributed by atoms with Crippen molar-refractivity contribution in [3.05, 3.63) is 11.9 Å². The molecular formula is C22H35F3N4O5. The van der Waals surface area contributed by atoms with E-state index in [-0.39, 0.29) is 58.2 Å². The van der Waals surface area contributed by atoms with E-state index in [1.54, 1.807) is 51.3 Å². The van der Waals surface area contributed by atoms with Gasteiger partial charge in [0.15, 0.2) is 0 Å². The van der Waals surface area contributed by atoms with E-state index in [0.29, 0.717) is 6.08 Å². The molecule has 194 valence electrons. The number of ketones is 1. The molecule has 2 amide bonds. The van der Waals surface area contributed by atoms with Crippen LogP contribution >= 0.6 is 0 Å². The molecule has 2 rings (SSSR count). The minimum absolute atomic E-state index is 0.134. The number of rotatable bonds is 3. The van der Waals surface area contributed by atoms with Crippen molar-refractivity contribution in [3.63, 3.8) is 0 Å². The molecule has 2 fully saturated rings. The van der Waals surface area contributed by atoms with Crippen LogP contribution in [0.2, 0.25) is 0 Å². The van der Waals surface area contributed by atoms with Crippen molar-refractivity contribution in [1.29, 1.82) is 0 Å². The zero-order valence-corrected chi connectivity index (χ0v) is 20.7. The van der Waals surface area contributed by atoms with Gasteiger partial charge < -0.3 is 29.1 Å². The summed E-state index contributed by atoms with van der Waals surface area (Å²) < 4.78 is 49.8. The summed E-state index contributed by atoms with van der Waals surface area (Å²) in [6.45, 7) is 12.4. The maximum atomic E-state index is 13.0. The van der Waals surface area contributed by atoms with Gasteiger partial charge in [0, 0.05) is 58.4 Å². The fraction of sp³-hybridized carbons (Fsp3) is 0.773. The third-order valence-corrected chi connectivity index (χ3v) is 5.05. The third kappa shape index (κ3) is 8.28. The molecule has 2 heterocycles. The van der Waals surface area contributed by atoms with Crippen molar-refractivity contribution >= 4 is 18.0 Å². The Hall–Kier alpha value is -2.66. The molecule has 0 atom stereocenters. The Morgan fingerprint density at radius 1 is 0.618 bits per heavy atom. The average molecular weight is 493 g/mol. The van der Waals surface area contributed by atoms with Crippen LogP contribution in [0.25, 0.3) is 0 Å². The van der Waals surface area contributed by atoms with E-state index in [9.17, 15) is 27.6 Å². The number of amides is 2. The predicted octanol–water partition coefficient (Wildman–Crippen LogP) is 3.06. The van der Waals surface area contributed by atoms with Crippen molar-refractivity contribution in [3.8, 4) is 0 Å². The highest BCUT2D eigenvalue weighted by Crippen LogP contribution is 2.23. The van der Waals surface area contributed by atoms with Crippen molar-refractivity contribution < 1.29 is 37.0 Å². The molecule has 34 heavy (non-hydrogen) atoms. The number of hydrogen-bond acceptors (Lipinski definition) is 7. The maximum absolute atomic E-state index is 13.0. The molecule has 9 nitrogen and oxygen atoms in total. The van der Waals surface area contributed by atoms with Crippen molar-refractivity contribution in [2.75, 3.05) is 52.4 Å². The first kappa shape index (κ1) is 27.6. The van der Waals surface area contributed by atoms with Crippen LogP contribution < -0.4 is 0 Å². The summed E-state index contributed by atoms with van der Waals surface area (Å²) in [4.78, 5) is 42.7. The largest absolute Gasteiger partial charge is 0.454 e. The summed E-state index contributed by atoms with van der Waals surface area (Å²) in [5.74, 6) is -1.82. The molecule has 0 aromatic heterocycles. The number of nitrogens with zero attached hydrogens (tertiary/aromatic N) is 4. The highest BCUT2D eigenvalue weighted by atomic mass is 19.4. The van der Waals surface area contributed by atoms with Gasteiger partial charge in [-0.2, -0.15) is 13.2 Å². The summed E-state index contributed by atoms with van der Waals surface area (Å²) in [5.41, 5.74) is -1.32. The van der Waals surface area contributed by atoms with E-state index < -0.39 is 35.3 Å². The summed E-state index contributed by atoms with van der Waals surface area (Å²) in [6, 6.07) is 0. The zero-order chi connectivity index (χ0) is 25.9. The topological polar surface area (TPSA) is 82.6 Å². The number of alkyl halides is 3. The van der Waals surface area contributed by atoms with E-state index >= 15 is 0 Å². The molecule has 2 aliphatic rings. The van der Waals surface area contributed by atoms with Gasteiger partial charge in [-0.15, -0.1) is 0 Å². The normalized spacial score (nSPS) is 17.9. The van der Waals surface area contributed by atoms with Gasteiger partial charge in [0.1, 0.15) is 17.0 Å². The van der Waals surface area contributed by atoms with Crippen LogP contribution in [0, 0.1) is 0 Å². The van der Waals surface area contributed by atoms with E-state index in [2.05, 4.69) is 0 Å². The van der Waals surface area contributed by atoms with Crippen LogP contribution in [0.5, 0.6) is 0 Å². The number of carbonyl (C=O) groups excluding carboxylic acids is 3. The lowest BCUT2D eigenvalue weighted by Gasteiger charge is -2.44. The first-order valence-electron chi connectivity index (χ1n) is 11.2. The Balaban J connectivity index is 2.10. The Morgan fingerprint density at radius 3 is 1.18 bits per heavy atom. The Morgan fingerprint density at radius 2 is 0.912 bits per heavy atom. The fourth-order valence-electron chi connectivity index (χ4n) is 3.47. The molecule has 2 saturated heterocycles. The second-order valence-corrected chi connectivity index (χ2v) is 10.3. The lowest BCUT2D eigenvalue weighted by Crippen LogP contribution is -2.55. The van der Waals surface area contributed by atoms with Crippen LogP contribution in [0.1, 0.15) is 41.5 Å².